The van der Waals surface area contributed by atoms with E-state index in [1.807, 2.05) is 0 Å². The quantitative estimate of drug-likeness (QED) is 0.777. The van der Waals surface area contributed by atoms with E-state index in [1.165, 1.54) is 18.2 Å². The summed E-state index contributed by atoms with van der Waals surface area (Å²) >= 11 is 5.74. The molecule has 1 heterocycles. The maximum Gasteiger partial charge on any atom is 0.166 e. The number of pyridine rings is 1. The van der Waals surface area contributed by atoms with Crippen LogP contribution in [0, 0.1) is 11.6 Å². The SMILES string of the molecule is Oc1cnc(Cl)c(-c2cccc(F)c2F)c1. The molecule has 5 heteroatoms. The second-order valence-corrected chi connectivity index (χ2v) is 3.49. The highest BCUT2D eigenvalue weighted by Crippen LogP contribution is 2.31. The molecule has 0 spiro atoms. The predicted octanol–water partition coefficient (Wildman–Crippen LogP) is 3.39. The minimum Gasteiger partial charge on any atom is -0.506 e. The molecule has 2 aromatic rings. The first-order valence-corrected chi connectivity index (χ1v) is 4.76. The van der Waals surface area contributed by atoms with Gasteiger partial charge in [0.2, 0.25) is 0 Å². The van der Waals surface area contributed by atoms with Crippen LogP contribution < -0.4 is 0 Å². The van der Waals surface area contributed by atoms with Crippen molar-refractivity contribution in [1.82, 2.24) is 4.98 Å². The van der Waals surface area contributed by atoms with Gasteiger partial charge in [-0.25, -0.2) is 13.8 Å². The van der Waals surface area contributed by atoms with Gasteiger partial charge in [0, 0.05) is 11.1 Å². The molecule has 1 aromatic carbocycles. The molecule has 0 aliphatic rings. The molecule has 2 rings (SSSR count). The lowest BCUT2D eigenvalue weighted by molar-refractivity contribution is 0.472. The summed E-state index contributed by atoms with van der Waals surface area (Å²) in [7, 11) is 0. The fourth-order valence-corrected chi connectivity index (χ4v) is 1.54. The van der Waals surface area contributed by atoms with Crippen molar-refractivity contribution in [3.63, 3.8) is 0 Å². The molecule has 2 nitrogen and oxygen atoms in total. The standard InChI is InChI=1S/C11H6ClF2NO/c12-11-8(4-6(16)5-15-11)7-2-1-3-9(13)10(7)14/h1-5,16H. The van der Waals surface area contributed by atoms with Crippen molar-refractivity contribution in [2.75, 3.05) is 0 Å². The van der Waals surface area contributed by atoms with E-state index in [0.29, 0.717) is 0 Å². The topological polar surface area (TPSA) is 33.1 Å². The van der Waals surface area contributed by atoms with Gasteiger partial charge < -0.3 is 5.11 Å². The molecule has 82 valence electrons. The second kappa shape index (κ2) is 4.06. The van der Waals surface area contributed by atoms with Crippen LogP contribution in [-0.4, -0.2) is 10.1 Å². The van der Waals surface area contributed by atoms with Gasteiger partial charge in [-0.2, -0.15) is 0 Å². The van der Waals surface area contributed by atoms with E-state index < -0.39 is 11.6 Å². The van der Waals surface area contributed by atoms with Crippen LogP contribution in [0.25, 0.3) is 11.1 Å². The van der Waals surface area contributed by atoms with E-state index >= 15 is 0 Å². The van der Waals surface area contributed by atoms with Crippen LogP contribution >= 0.6 is 11.6 Å². The van der Waals surface area contributed by atoms with Crippen molar-refractivity contribution in [2.45, 2.75) is 0 Å². The average molecular weight is 242 g/mol. The Hall–Kier alpha value is -1.68. The molecule has 1 aromatic heterocycles. The third kappa shape index (κ3) is 1.84. The van der Waals surface area contributed by atoms with Gasteiger partial charge in [0.15, 0.2) is 11.6 Å². The number of hydrogen-bond acceptors (Lipinski definition) is 2. The molecule has 0 amide bonds. The van der Waals surface area contributed by atoms with Crippen LogP contribution in [0.1, 0.15) is 0 Å². The van der Waals surface area contributed by atoms with E-state index in [0.717, 1.165) is 12.3 Å². The van der Waals surface area contributed by atoms with Crippen LogP contribution in [0.2, 0.25) is 5.15 Å². The van der Waals surface area contributed by atoms with Gasteiger partial charge >= 0.3 is 0 Å². The third-order valence-corrected chi connectivity index (χ3v) is 2.37. The molecular weight excluding hydrogens is 236 g/mol. The number of halogens is 3. The summed E-state index contributed by atoms with van der Waals surface area (Å²) in [5.74, 6) is -2.16. The zero-order chi connectivity index (χ0) is 11.7. The van der Waals surface area contributed by atoms with Crippen molar-refractivity contribution in [3.05, 3.63) is 47.2 Å². The minimum absolute atomic E-state index is 0.00213. The summed E-state index contributed by atoms with van der Waals surface area (Å²) in [4.78, 5) is 3.65. The molecule has 0 aliphatic carbocycles. The molecule has 0 atom stereocenters. The van der Waals surface area contributed by atoms with E-state index in [1.54, 1.807) is 0 Å². The Labute approximate surface area is 95.1 Å². The number of rotatable bonds is 1. The summed E-state index contributed by atoms with van der Waals surface area (Å²) in [5, 5.41) is 9.22. The van der Waals surface area contributed by atoms with Gasteiger partial charge in [0.25, 0.3) is 0 Å². The Morgan fingerprint density at radius 2 is 1.94 bits per heavy atom. The second-order valence-electron chi connectivity index (χ2n) is 3.13. The monoisotopic (exact) mass is 241 g/mol. The van der Waals surface area contributed by atoms with Gasteiger partial charge in [0.05, 0.1) is 6.20 Å². The number of benzene rings is 1. The van der Waals surface area contributed by atoms with Crippen molar-refractivity contribution < 1.29 is 13.9 Å². The molecule has 0 saturated carbocycles. The summed E-state index contributed by atoms with van der Waals surface area (Å²) in [6, 6.07) is 4.95. The summed E-state index contributed by atoms with van der Waals surface area (Å²) in [6.45, 7) is 0. The molecular formula is C11H6ClF2NO. The molecule has 0 bridgehead atoms. The van der Waals surface area contributed by atoms with Gasteiger partial charge in [-0.05, 0) is 12.1 Å². The third-order valence-electron chi connectivity index (χ3n) is 2.07. The van der Waals surface area contributed by atoms with Crippen molar-refractivity contribution >= 4 is 11.6 Å². The highest BCUT2D eigenvalue weighted by atomic mass is 35.5. The number of nitrogens with zero attached hydrogens (tertiary/aromatic N) is 1. The van der Waals surface area contributed by atoms with E-state index in [-0.39, 0.29) is 22.0 Å². The maximum atomic E-state index is 13.5. The van der Waals surface area contributed by atoms with E-state index in [4.69, 9.17) is 11.6 Å². The van der Waals surface area contributed by atoms with Crippen LogP contribution in [-0.2, 0) is 0 Å². The van der Waals surface area contributed by atoms with Crippen molar-refractivity contribution in [2.24, 2.45) is 0 Å². The average Bonchev–Trinajstić information content (AvgIpc) is 2.26. The Balaban J connectivity index is 2.67. The van der Waals surface area contributed by atoms with Crippen molar-refractivity contribution in [3.8, 4) is 16.9 Å². The first-order valence-electron chi connectivity index (χ1n) is 4.38. The lowest BCUT2D eigenvalue weighted by atomic mass is 10.1. The summed E-state index contributed by atoms with van der Waals surface area (Å²) < 4.78 is 26.5. The highest BCUT2D eigenvalue weighted by Gasteiger charge is 2.13. The Morgan fingerprint density at radius 3 is 2.69 bits per heavy atom. The largest absolute Gasteiger partial charge is 0.506 e. The molecule has 0 radical (unpaired) electrons. The first-order chi connectivity index (χ1) is 7.59. The van der Waals surface area contributed by atoms with Crippen LogP contribution in [0.5, 0.6) is 5.75 Å². The summed E-state index contributed by atoms with van der Waals surface area (Å²) in [5.41, 5.74) is 0.118. The normalized spacial score (nSPS) is 10.4. The summed E-state index contributed by atoms with van der Waals surface area (Å²) in [6.07, 6.45) is 1.13. The fraction of sp³-hybridized carbons (Fsp3) is 0. The molecule has 0 saturated heterocycles. The Kier molecular flexibility index (Phi) is 2.75. The van der Waals surface area contributed by atoms with Gasteiger partial charge in [0.1, 0.15) is 10.9 Å². The molecule has 1 N–H and O–H groups in total. The van der Waals surface area contributed by atoms with Crippen LogP contribution in [0.15, 0.2) is 30.5 Å². The van der Waals surface area contributed by atoms with Crippen molar-refractivity contribution in [1.29, 1.82) is 0 Å². The molecule has 0 aliphatic heterocycles. The number of hydrogen-bond donors (Lipinski definition) is 1. The van der Waals surface area contributed by atoms with Gasteiger partial charge in [-0.3, -0.25) is 0 Å². The first kappa shape index (κ1) is 10.8. The zero-order valence-electron chi connectivity index (χ0n) is 7.92. The van der Waals surface area contributed by atoms with E-state index in [2.05, 4.69) is 4.98 Å². The van der Waals surface area contributed by atoms with Gasteiger partial charge in [-0.1, -0.05) is 23.7 Å². The minimum atomic E-state index is -1.02. The Morgan fingerprint density at radius 1 is 1.19 bits per heavy atom. The van der Waals surface area contributed by atoms with Crippen LogP contribution in [0.4, 0.5) is 8.78 Å². The maximum absolute atomic E-state index is 13.5. The molecule has 16 heavy (non-hydrogen) atoms. The lowest BCUT2D eigenvalue weighted by Crippen LogP contribution is -1.91. The van der Waals surface area contributed by atoms with Gasteiger partial charge in [-0.15, -0.1) is 0 Å². The molecule has 0 unspecified atom stereocenters. The number of aromatic hydroxyl groups is 1. The van der Waals surface area contributed by atoms with Crippen LogP contribution in [0.3, 0.4) is 0 Å². The fourth-order valence-electron chi connectivity index (χ4n) is 1.34. The predicted molar refractivity (Wildman–Crippen MR) is 56.3 cm³/mol. The molecule has 0 fully saturated rings. The Bertz CT molecular complexity index is 546. The zero-order valence-corrected chi connectivity index (χ0v) is 8.67. The number of aromatic nitrogens is 1. The highest BCUT2D eigenvalue weighted by molar-refractivity contribution is 6.32. The smallest absolute Gasteiger partial charge is 0.166 e. The lowest BCUT2D eigenvalue weighted by Gasteiger charge is -2.06. The van der Waals surface area contributed by atoms with E-state index in [9.17, 15) is 13.9 Å².